The van der Waals surface area contributed by atoms with Gasteiger partial charge >= 0.3 is 5.97 Å². The van der Waals surface area contributed by atoms with E-state index in [1.54, 1.807) is 6.07 Å². The van der Waals surface area contributed by atoms with Gasteiger partial charge in [0.2, 0.25) is 0 Å². The van der Waals surface area contributed by atoms with Crippen LogP contribution in [0.2, 0.25) is 0 Å². The van der Waals surface area contributed by atoms with Crippen molar-refractivity contribution in [2.75, 3.05) is 7.11 Å². The molecule has 0 radical (unpaired) electrons. The second kappa shape index (κ2) is 4.35. The van der Waals surface area contributed by atoms with E-state index in [0.29, 0.717) is 18.6 Å². The zero-order valence-corrected chi connectivity index (χ0v) is 9.70. The van der Waals surface area contributed by atoms with Crippen molar-refractivity contribution in [1.82, 2.24) is 0 Å². The summed E-state index contributed by atoms with van der Waals surface area (Å²) in [6, 6.07) is 4.43. The molecule has 1 fully saturated rings. The van der Waals surface area contributed by atoms with Crippen LogP contribution < -0.4 is 4.74 Å². The molecular weight excluding hydrogens is 223 g/mol. The van der Waals surface area contributed by atoms with Crippen molar-refractivity contribution in [3.8, 4) is 5.75 Å². The van der Waals surface area contributed by atoms with Gasteiger partial charge in [-0.1, -0.05) is 18.9 Å². The number of carboxylic acids is 1. The van der Waals surface area contributed by atoms with Gasteiger partial charge in [0.25, 0.3) is 0 Å². The van der Waals surface area contributed by atoms with Crippen LogP contribution in [0.15, 0.2) is 18.2 Å². The summed E-state index contributed by atoms with van der Waals surface area (Å²) in [5.74, 6) is -1.12. The van der Waals surface area contributed by atoms with Crippen LogP contribution in [0.5, 0.6) is 5.75 Å². The molecule has 92 valence electrons. The van der Waals surface area contributed by atoms with Gasteiger partial charge in [-0.25, -0.2) is 4.39 Å². The highest BCUT2D eigenvalue weighted by Gasteiger charge is 2.46. The third-order valence-corrected chi connectivity index (χ3v) is 3.54. The highest BCUT2D eigenvalue weighted by molar-refractivity contribution is 5.83. The predicted molar refractivity (Wildman–Crippen MR) is 60.7 cm³/mol. The molecule has 0 heterocycles. The van der Waals surface area contributed by atoms with E-state index in [2.05, 4.69) is 0 Å². The Morgan fingerprint density at radius 2 is 2.06 bits per heavy atom. The average Bonchev–Trinajstić information content (AvgIpc) is 2.78. The second-order valence-electron chi connectivity index (χ2n) is 4.41. The largest absolute Gasteiger partial charge is 0.496 e. The number of carboxylic acid groups (broad SMARTS) is 1. The first-order chi connectivity index (χ1) is 8.12. The van der Waals surface area contributed by atoms with Crippen molar-refractivity contribution in [2.24, 2.45) is 0 Å². The smallest absolute Gasteiger partial charge is 0.314 e. The highest BCUT2D eigenvalue weighted by atomic mass is 19.1. The summed E-state index contributed by atoms with van der Waals surface area (Å²) < 4.78 is 19.1. The molecule has 1 aromatic rings. The molecule has 1 aliphatic rings. The van der Waals surface area contributed by atoms with E-state index in [-0.39, 0.29) is 5.56 Å². The lowest BCUT2D eigenvalue weighted by atomic mass is 9.78. The van der Waals surface area contributed by atoms with Crippen molar-refractivity contribution < 1.29 is 19.0 Å². The number of halogens is 1. The van der Waals surface area contributed by atoms with Gasteiger partial charge in [-0.2, -0.15) is 0 Å². The molecule has 0 spiro atoms. The van der Waals surface area contributed by atoms with E-state index >= 15 is 0 Å². The fourth-order valence-electron chi connectivity index (χ4n) is 2.69. The van der Waals surface area contributed by atoms with Crippen molar-refractivity contribution in [3.05, 3.63) is 29.6 Å². The third kappa shape index (κ3) is 1.77. The number of hydrogen-bond donors (Lipinski definition) is 1. The van der Waals surface area contributed by atoms with E-state index in [4.69, 9.17) is 4.74 Å². The minimum Gasteiger partial charge on any atom is -0.496 e. The molecule has 0 atom stereocenters. The Labute approximate surface area is 99.2 Å². The summed E-state index contributed by atoms with van der Waals surface area (Å²) in [7, 11) is 1.43. The fourth-order valence-corrected chi connectivity index (χ4v) is 2.69. The lowest BCUT2D eigenvalue weighted by molar-refractivity contribution is -0.143. The summed E-state index contributed by atoms with van der Waals surface area (Å²) in [4.78, 5) is 11.5. The van der Waals surface area contributed by atoms with E-state index in [1.807, 2.05) is 0 Å². The van der Waals surface area contributed by atoms with Crippen LogP contribution in [0.4, 0.5) is 4.39 Å². The highest BCUT2D eigenvalue weighted by Crippen LogP contribution is 2.46. The zero-order chi connectivity index (χ0) is 12.5. The zero-order valence-electron chi connectivity index (χ0n) is 9.70. The number of rotatable bonds is 3. The maximum absolute atomic E-state index is 14.0. The van der Waals surface area contributed by atoms with E-state index in [0.717, 1.165) is 12.8 Å². The molecule has 0 saturated heterocycles. The van der Waals surface area contributed by atoms with Crippen LogP contribution >= 0.6 is 0 Å². The molecule has 1 saturated carbocycles. The number of carbonyl (C=O) groups is 1. The molecule has 0 aliphatic heterocycles. The predicted octanol–water partition coefficient (Wildman–Crippen LogP) is 2.73. The normalized spacial score (nSPS) is 18.0. The molecule has 3 nitrogen and oxygen atoms in total. The molecule has 1 N–H and O–H groups in total. The SMILES string of the molecule is COc1cccc(F)c1C1(C(=O)O)CCCC1. The average molecular weight is 238 g/mol. The summed E-state index contributed by atoms with van der Waals surface area (Å²) in [5.41, 5.74) is -0.913. The fraction of sp³-hybridized carbons (Fsp3) is 0.462. The number of methoxy groups -OCH3 is 1. The number of benzene rings is 1. The minimum absolute atomic E-state index is 0.201. The topological polar surface area (TPSA) is 46.5 Å². The standard InChI is InChI=1S/C13H15FO3/c1-17-10-6-4-5-9(14)11(10)13(12(15)16)7-2-3-8-13/h4-6H,2-3,7-8H2,1H3,(H,15,16). The summed E-state index contributed by atoms with van der Waals surface area (Å²) in [6.45, 7) is 0. The molecule has 0 aromatic heterocycles. The third-order valence-electron chi connectivity index (χ3n) is 3.54. The van der Waals surface area contributed by atoms with Crippen LogP contribution in [0.3, 0.4) is 0 Å². The van der Waals surface area contributed by atoms with Gasteiger partial charge in [0.15, 0.2) is 0 Å². The van der Waals surface area contributed by atoms with Gasteiger partial charge in [-0.3, -0.25) is 4.79 Å². The molecule has 2 rings (SSSR count). The van der Waals surface area contributed by atoms with Crippen LogP contribution in [0, 0.1) is 5.82 Å². The molecular formula is C13H15FO3. The van der Waals surface area contributed by atoms with E-state index in [1.165, 1.54) is 19.2 Å². The van der Waals surface area contributed by atoms with Crippen molar-refractivity contribution in [2.45, 2.75) is 31.1 Å². The van der Waals surface area contributed by atoms with Crippen LogP contribution in [-0.2, 0) is 10.2 Å². The first-order valence-corrected chi connectivity index (χ1v) is 5.68. The molecule has 17 heavy (non-hydrogen) atoms. The van der Waals surface area contributed by atoms with Crippen molar-refractivity contribution in [3.63, 3.8) is 0 Å². The summed E-state index contributed by atoms with van der Waals surface area (Å²) in [5, 5.41) is 9.44. The molecule has 1 aromatic carbocycles. The Hall–Kier alpha value is -1.58. The Bertz CT molecular complexity index is 436. The maximum Gasteiger partial charge on any atom is 0.314 e. The van der Waals surface area contributed by atoms with E-state index < -0.39 is 17.2 Å². The first-order valence-electron chi connectivity index (χ1n) is 5.68. The van der Waals surface area contributed by atoms with Gasteiger partial charge in [0.05, 0.1) is 12.5 Å². The molecule has 0 amide bonds. The maximum atomic E-state index is 14.0. The number of ether oxygens (including phenoxy) is 1. The molecule has 4 heteroatoms. The van der Waals surface area contributed by atoms with Crippen LogP contribution in [0.1, 0.15) is 31.2 Å². The van der Waals surface area contributed by atoms with Gasteiger partial charge in [0.1, 0.15) is 11.6 Å². The van der Waals surface area contributed by atoms with Gasteiger partial charge in [-0.05, 0) is 25.0 Å². The molecule has 1 aliphatic carbocycles. The minimum atomic E-state index is -1.11. The Morgan fingerprint density at radius 3 is 2.59 bits per heavy atom. The monoisotopic (exact) mass is 238 g/mol. The lowest BCUT2D eigenvalue weighted by Crippen LogP contribution is -2.34. The van der Waals surface area contributed by atoms with Crippen molar-refractivity contribution >= 4 is 5.97 Å². The first kappa shape index (κ1) is 11.9. The molecule has 0 bridgehead atoms. The van der Waals surface area contributed by atoms with Gasteiger partial charge in [-0.15, -0.1) is 0 Å². The summed E-state index contributed by atoms with van der Waals surface area (Å²) in [6.07, 6.45) is 2.56. The number of aliphatic carboxylic acids is 1. The Balaban J connectivity index is 2.61. The quantitative estimate of drug-likeness (QED) is 0.880. The second-order valence-corrected chi connectivity index (χ2v) is 4.41. The lowest BCUT2D eigenvalue weighted by Gasteiger charge is -2.26. The number of hydrogen-bond acceptors (Lipinski definition) is 2. The van der Waals surface area contributed by atoms with Crippen LogP contribution in [-0.4, -0.2) is 18.2 Å². The summed E-state index contributed by atoms with van der Waals surface area (Å²) >= 11 is 0. The Morgan fingerprint density at radius 1 is 1.41 bits per heavy atom. The Kier molecular flexibility index (Phi) is 3.05. The van der Waals surface area contributed by atoms with E-state index in [9.17, 15) is 14.3 Å². The molecule has 0 unspecified atom stereocenters. The van der Waals surface area contributed by atoms with Gasteiger partial charge in [0, 0.05) is 5.56 Å². The van der Waals surface area contributed by atoms with Crippen LogP contribution in [0.25, 0.3) is 0 Å². The van der Waals surface area contributed by atoms with Gasteiger partial charge < -0.3 is 9.84 Å². The van der Waals surface area contributed by atoms with Crippen molar-refractivity contribution in [1.29, 1.82) is 0 Å².